The lowest BCUT2D eigenvalue weighted by Gasteiger charge is -2.41. The predicted molar refractivity (Wildman–Crippen MR) is 90.6 cm³/mol. The second kappa shape index (κ2) is 6.84. The van der Waals surface area contributed by atoms with Crippen LogP contribution in [0.3, 0.4) is 0 Å². The monoisotopic (exact) mass is 335 g/mol. The normalized spacial score (nSPS) is 27.5. The molecule has 2 atom stereocenters. The third-order valence-corrected chi connectivity index (χ3v) is 4.86. The van der Waals surface area contributed by atoms with Crippen molar-refractivity contribution in [1.82, 2.24) is 14.7 Å². The van der Waals surface area contributed by atoms with Crippen LogP contribution < -0.4 is 0 Å². The average molecular weight is 335 g/mol. The quantitative estimate of drug-likeness (QED) is 0.852. The van der Waals surface area contributed by atoms with Gasteiger partial charge in [0.25, 0.3) is 0 Å². The molecule has 3 heterocycles. The van der Waals surface area contributed by atoms with E-state index >= 15 is 0 Å². The Hall–Kier alpha value is -1.40. The molecule has 0 aliphatic carbocycles. The standard InChI is InChI=1S/C18H29N3O3/c1-13(2)21-15(7-8-19-21)16-14(6-5-10-23-16)17(22)20-9-11-24-18(3,4)12-20/h7-8,13-14,16H,5-6,9-12H2,1-4H3/t14-,16-/m1/s1. The highest BCUT2D eigenvalue weighted by Crippen LogP contribution is 2.36. The molecule has 24 heavy (non-hydrogen) atoms. The van der Waals surface area contributed by atoms with Crippen molar-refractivity contribution < 1.29 is 14.3 Å². The topological polar surface area (TPSA) is 56.6 Å². The molecule has 2 fully saturated rings. The minimum absolute atomic E-state index is 0.137. The minimum atomic E-state index is -0.279. The number of hydrogen-bond acceptors (Lipinski definition) is 4. The number of hydrogen-bond donors (Lipinski definition) is 0. The van der Waals surface area contributed by atoms with E-state index in [2.05, 4.69) is 18.9 Å². The Balaban J connectivity index is 1.82. The van der Waals surface area contributed by atoms with Crippen LogP contribution >= 0.6 is 0 Å². The maximum atomic E-state index is 13.2. The molecule has 6 nitrogen and oxygen atoms in total. The first-order chi connectivity index (χ1) is 11.4. The highest BCUT2D eigenvalue weighted by atomic mass is 16.5. The fourth-order valence-corrected chi connectivity index (χ4v) is 3.75. The van der Waals surface area contributed by atoms with E-state index in [1.807, 2.05) is 29.5 Å². The number of carbonyl (C=O) groups excluding carboxylic acids is 1. The lowest BCUT2D eigenvalue weighted by molar-refractivity contribution is -0.159. The van der Waals surface area contributed by atoms with Crippen LogP contribution in [0.2, 0.25) is 0 Å². The van der Waals surface area contributed by atoms with Crippen LogP contribution in [0, 0.1) is 5.92 Å². The van der Waals surface area contributed by atoms with Crippen LogP contribution in [0.5, 0.6) is 0 Å². The Bertz CT molecular complexity index is 582. The number of ether oxygens (including phenoxy) is 2. The van der Waals surface area contributed by atoms with E-state index in [9.17, 15) is 4.79 Å². The summed E-state index contributed by atoms with van der Waals surface area (Å²) in [5.41, 5.74) is 0.731. The summed E-state index contributed by atoms with van der Waals surface area (Å²) in [5.74, 6) is 0.0504. The molecule has 3 rings (SSSR count). The number of rotatable bonds is 3. The van der Waals surface area contributed by atoms with Gasteiger partial charge in [0.1, 0.15) is 6.10 Å². The smallest absolute Gasteiger partial charge is 0.228 e. The molecule has 0 unspecified atom stereocenters. The molecule has 2 saturated heterocycles. The Morgan fingerprint density at radius 2 is 2.17 bits per heavy atom. The van der Waals surface area contributed by atoms with Crippen molar-refractivity contribution in [1.29, 1.82) is 0 Å². The van der Waals surface area contributed by atoms with Crippen molar-refractivity contribution in [3.8, 4) is 0 Å². The van der Waals surface area contributed by atoms with Gasteiger partial charge in [0.05, 0.1) is 23.8 Å². The lowest BCUT2D eigenvalue weighted by atomic mass is 9.90. The number of morpholine rings is 1. The molecule has 0 bridgehead atoms. The average Bonchev–Trinajstić information content (AvgIpc) is 3.03. The zero-order valence-electron chi connectivity index (χ0n) is 15.2. The van der Waals surface area contributed by atoms with Gasteiger partial charge < -0.3 is 14.4 Å². The summed E-state index contributed by atoms with van der Waals surface area (Å²) in [7, 11) is 0. The van der Waals surface area contributed by atoms with Crippen molar-refractivity contribution >= 4 is 5.91 Å². The fraction of sp³-hybridized carbons (Fsp3) is 0.778. The van der Waals surface area contributed by atoms with Gasteiger partial charge in [-0.2, -0.15) is 5.10 Å². The first-order valence-electron chi connectivity index (χ1n) is 8.97. The summed E-state index contributed by atoms with van der Waals surface area (Å²) < 4.78 is 13.8. The van der Waals surface area contributed by atoms with Crippen molar-refractivity contribution in [2.24, 2.45) is 5.92 Å². The van der Waals surface area contributed by atoms with Crippen molar-refractivity contribution in [3.05, 3.63) is 18.0 Å². The molecular formula is C18H29N3O3. The second-order valence-electron chi connectivity index (χ2n) is 7.70. The van der Waals surface area contributed by atoms with Crippen LogP contribution in [0.25, 0.3) is 0 Å². The molecule has 0 aromatic carbocycles. The van der Waals surface area contributed by atoms with Gasteiger partial charge in [-0.05, 0) is 46.6 Å². The number of amides is 1. The van der Waals surface area contributed by atoms with Crippen LogP contribution in [-0.4, -0.2) is 52.5 Å². The van der Waals surface area contributed by atoms with Crippen LogP contribution in [0.15, 0.2) is 12.3 Å². The summed E-state index contributed by atoms with van der Waals surface area (Å²) in [6, 6.07) is 2.23. The van der Waals surface area contributed by atoms with Crippen LogP contribution in [0.4, 0.5) is 0 Å². The maximum Gasteiger partial charge on any atom is 0.228 e. The Morgan fingerprint density at radius 1 is 1.38 bits per heavy atom. The first kappa shape index (κ1) is 17.4. The highest BCUT2D eigenvalue weighted by Gasteiger charge is 2.40. The molecule has 1 aromatic rings. The molecule has 2 aliphatic rings. The third kappa shape index (κ3) is 3.49. The second-order valence-corrected chi connectivity index (χ2v) is 7.70. The number of aromatic nitrogens is 2. The van der Waals surface area contributed by atoms with Crippen LogP contribution in [0.1, 0.15) is 58.4 Å². The van der Waals surface area contributed by atoms with Gasteiger partial charge in [-0.25, -0.2) is 0 Å². The summed E-state index contributed by atoms with van der Waals surface area (Å²) in [6.07, 6.45) is 3.38. The minimum Gasteiger partial charge on any atom is -0.372 e. The van der Waals surface area contributed by atoms with E-state index in [0.29, 0.717) is 26.3 Å². The summed E-state index contributed by atoms with van der Waals surface area (Å²) >= 11 is 0. The molecule has 2 aliphatic heterocycles. The molecular weight excluding hydrogens is 306 g/mol. The van der Waals surface area contributed by atoms with Gasteiger partial charge in [0.15, 0.2) is 0 Å². The molecule has 134 valence electrons. The predicted octanol–water partition coefficient (Wildman–Crippen LogP) is 2.57. The van der Waals surface area contributed by atoms with Gasteiger partial charge >= 0.3 is 0 Å². The zero-order chi connectivity index (χ0) is 17.3. The largest absolute Gasteiger partial charge is 0.372 e. The van der Waals surface area contributed by atoms with E-state index in [4.69, 9.17) is 9.47 Å². The summed E-state index contributed by atoms with van der Waals surface area (Å²) in [5, 5.41) is 4.41. The van der Waals surface area contributed by atoms with E-state index < -0.39 is 0 Å². The van der Waals surface area contributed by atoms with Crippen molar-refractivity contribution in [2.75, 3.05) is 26.3 Å². The van der Waals surface area contributed by atoms with Crippen molar-refractivity contribution in [3.63, 3.8) is 0 Å². The molecule has 0 spiro atoms. The van der Waals surface area contributed by atoms with Crippen LogP contribution in [-0.2, 0) is 14.3 Å². The van der Waals surface area contributed by atoms with Gasteiger partial charge in [0.2, 0.25) is 5.91 Å². The SMILES string of the molecule is CC(C)n1nccc1[C@@H]1OCCC[C@H]1C(=O)N1CCOC(C)(C)C1. The molecule has 1 aromatic heterocycles. The van der Waals surface area contributed by atoms with Gasteiger partial charge in [0, 0.05) is 31.9 Å². The molecule has 0 radical (unpaired) electrons. The van der Waals surface area contributed by atoms with Gasteiger partial charge in [-0.1, -0.05) is 0 Å². The van der Waals surface area contributed by atoms with Gasteiger partial charge in [-0.15, -0.1) is 0 Å². The third-order valence-electron chi connectivity index (χ3n) is 4.86. The lowest BCUT2D eigenvalue weighted by Crippen LogP contribution is -2.53. The first-order valence-corrected chi connectivity index (χ1v) is 8.97. The van der Waals surface area contributed by atoms with E-state index in [-0.39, 0.29) is 29.6 Å². The Morgan fingerprint density at radius 3 is 2.88 bits per heavy atom. The Labute approximate surface area is 144 Å². The van der Waals surface area contributed by atoms with E-state index in [1.54, 1.807) is 6.20 Å². The molecule has 0 saturated carbocycles. The highest BCUT2D eigenvalue weighted by molar-refractivity contribution is 5.80. The Kier molecular flexibility index (Phi) is 4.97. The fourth-order valence-electron chi connectivity index (χ4n) is 3.75. The van der Waals surface area contributed by atoms with E-state index in [0.717, 1.165) is 18.5 Å². The molecule has 1 amide bonds. The number of carbonyl (C=O) groups is 1. The van der Waals surface area contributed by atoms with Crippen molar-refractivity contribution in [2.45, 2.75) is 58.3 Å². The van der Waals surface area contributed by atoms with E-state index in [1.165, 1.54) is 0 Å². The maximum absolute atomic E-state index is 13.2. The van der Waals surface area contributed by atoms with Gasteiger partial charge in [-0.3, -0.25) is 9.48 Å². The summed E-state index contributed by atoms with van der Waals surface area (Å²) in [6.45, 7) is 10.9. The zero-order valence-corrected chi connectivity index (χ0v) is 15.2. The number of nitrogens with zero attached hydrogens (tertiary/aromatic N) is 3. The molecule has 6 heteroatoms. The molecule has 0 N–H and O–H groups in total. The summed E-state index contributed by atoms with van der Waals surface area (Å²) in [4.78, 5) is 15.1.